The maximum absolute atomic E-state index is 12.1. The average Bonchev–Trinajstić information content (AvgIpc) is 2.18. The molecule has 2 nitrogen and oxygen atoms in total. The van der Waals surface area contributed by atoms with Crippen LogP contribution in [-0.2, 0) is 0 Å². The van der Waals surface area contributed by atoms with Gasteiger partial charge < -0.3 is 9.84 Å². The van der Waals surface area contributed by atoms with E-state index in [9.17, 15) is 18.3 Å². The molecule has 0 aliphatic heterocycles. The van der Waals surface area contributed by atoms with Crippen LogP contribution in [0.25, 0.3) is 6.08 Å². The van der Waals surface area contributed by atoms with Crippen molar-refractivity contribution in [1.82, 2.24) is 0 Å². The lowest BCUT2D eigenvalue weighted by Gasteiger charge is -2.12. The van der Waals surface area contributed by atoms with Gasteiger partial charge in [0.25, 0.3) is 0 Å². The highest BCUT2D eigenvalue weighted by atomic mass is 19.4. The molecule has 0 radical (unpaired) electrons. The van der Waals surface area contributed by atoms with Crippen molar-refractivity contribution in [3.8, 4) is 5.75 Å². The molecule has 0 spiro atoms. The van der Waals surface area contributed by atoms with Crippen LogP contribution >= 0.6 is 0 Å². The number of para-hydroxylation sites is 1. The molecule has 17 heavy (non-hydrogen) atoms. The number of benzene rings is 1. The zero-order chi connectivity index (χ0) is 13.1. The Morgan fingerprint density at radius 1 is 1.35 bits per heavy atom. The van der Waals surface area contributed by atoms with Crippen molar-refractivity contribution in [1.29, 1.82) is 0 Å². The Morgan fingerprint density at radius 2 is 1.94 bits per heavy atom. The fourth-order valence-corrected chi connectivity index (χ4v) is 1.18. The fraction of sp³-hybridized carbons (Fsp3) is 0.333. The summed E-state index contributed by atoms with van der Waals surface area (Å²) >= 11 is 0. The first-order chi connectivity index (χ1) is 7.79. The number of aliphatic hydroxyl groups excluding tert-OH is 1. The summed E-state index contributed by atoms with van der Waals surface area (Å²) in [6.07, 6.45) is -3.97. The predicted molar refractivity (Wildman–Crippen MR) is 58.5 cm³/mol. The molecule has 0 saturated heterocycles. The summed E-state index contributed by atoms with van der Waals surface area (Å²) in [4.78, 5) is 0. The molecular formula is C12H13F3O2. The normalized spacial score (nSPS) is 14.6. The van der Waals surface area contributed by atoms with E-state index >= 15 is 0 Å². The summed E-state index contributed by atoms with van der Waals surface area (Å²) in [5.74, 6) is -0.278. The summed E-state index contributed by atoms with van der Waals surface area (Å²) in [6, 6.07) is 5.78. The smallest absolute Gasteiger partial charge is 0.405 e. The Morgan fingerprint density at radius 3 is 2.47 bits per heavy atom. The topological polar surface area (TPSA) is 29.5 Å². The summed E-state index contributed by atoms with van der Waals surface area (Å²) in [5, 5.41) is 9.27. The highest BCUT2D eigenvalue weighted by Crippen LogP contribution is 2.27. The summed E-state index contributed by atoms with van der Waals surface area (Å²) in [6.45, 7) is 3.17. The van der Waals surface area contributed by atoms with Gasteiger partial charge in [-0.15, -0.1) is 13.2 Å². The molecule has 0 aliphatic carbocycles. The molecule has 0 aliphatic rings. The van der Waals surface area contributed by atoms with Crippen LogP contribution in [0.5, 0.6) is 5.75 Å². The van der Waals surface area contributed by atoms with Gasteiger partial charge in [0.2, 0.25) is 0 Å². The van der Waals surface area contributed by atoms with Crippen LogP contribution in [0.1, 0.15) is 19.4 Å². The van der Waals surface area contributed by atoms with Gasteiger partial charge in [-0.25, -0.2) is 0 Å². The Hall–Kier alpha value is -1.49. The van der Waals surface area contributed by atoms with E-state index in [4.69, 9.17) is 0 Å². The quantitative estimate of drug-likeness (QED) is 0.886. The lowest BCUT2D eigenvalue weighted by atomic mass is 10.1. The fourth-order valence-electron chi connectivity index (χ4n) is 1.18. The number of ether oxygens (including phenoxy) is 1. The molecule has 0 fully saturated rings. The van der Waals surface area contributed by atoms with Crippen LogP contribution in [0, 0.1) is 0 Å². The van der Waals surface area contributed by atoms with Gasteiger partial charge in [-0.05, 0) is 31.6 Å². The van der Waals surface area contributed by atoms with E-state index in [0.29, 0.717) is 5.57 Å². The van der Waals surface area contributed by atoms with Crippen LogP contribution < -0.4 is 4.74 Å². The minimum absolute atomic E-state index is 0.278. The van der Waals surface area contributed by atoms with E-state index in [1.807, 2.05) is 0 Å². The van der Waals surface area contributed by atoms with E-state index in [1.165, 1.54) is 24.3 Å². The monoisotopic (exact) mass is 246 g/mol. The molecular weight excluding hydrogens is 233 g/mol. The van der Waals surface area contributed by atoms with E-state index in [-0.39, 0.29) is 11.3 Å². The van der Waals surface area contributed by atoms with Gasteiger partial charge in [0.15, 0.2) is 0 Å². The zero-order valence-corrected chi connectivity index (χ0v) is 9.45. The third kappa shape index (κ3) is 4.48. The summed E-state index contributed by atoms with van der Waals surface area (Å²) < 4.78 is 40.3. The minimum Gasteiger partial charge on any atom is -0.405 e. The van der Waals surface area contributed by atoms with Crippen molar-refractivity contribution in [2.45, 2.75) is 26.3 Å². The molecule has 1 atom stereocenters. The number of rotatable bonds is 3. The van der Waals surface area contributed by atoms with Crippen molar-refractivity contribution < 1.29 is 23.0 Å². The van der Waals surface area contributed by atoms with Crippen LogP contribution in [0.2, 0.25) is 0 Å². The van der Waals surface area contributed by atoms with Gasteiger partial charge in [-0.2, -0.15) is 0 Å². The van der Waals surface area contributed by atoms with E-state index in [0.717, 1.165) is 0 Å². The highest BCUT2D eigenvalue weighted by molar-refractivity contribution is 5.59. The number of hydrogen-bond donors (Lipinski definition) is 1. The minimum atomic E-state index is -4.72. The molecule has 1 rings (SSSR count). The first-order valence-electron chi connectivity index (χ1n) is 5.00. The SMILES string of the molecule is C/C(=C\c1ccccc1OC(F)(F)F)C(C)O. The van der Waals surface area contributed by atoms with Gasteiger partial charge in [-0.3, -0.25) is 0 Å². The molecule has 1 aromatic carbocycles. The molecule has 1 unspecified atom stereocenters. The van der Waals surface area contributed by atoms with Gasteiger partial charge in [-0.1, -0.05) is 18.2 Å². The second-order valence-electron chi connectivity index (χ2n) is 3.65. The molecule has 0 saturated carbocycles. The Labute approximate surface area is 97.3 Å². The van der Waals surface area contributed by atoms with Gasteiger partial charge in [0.05, 0.1) is 6.10 Å². The molecule has 0 heterocycles. The van der Waals surface area contributed by atoms with Crippen LogP contribution in [0.3, 0.4) is 0 Å². The van der Waals surface area contributed by atoms with Gasteiger partial charge in [0, 0.05) is 5.56 Å². The molecule has 1 aromatic rings. The molecule has 0 bridgehead atoms. The zero-order valence-electron chi connectivity index (χ0n) is 9.45. The average molecular weight is 246 g/mol. The van der Waals surface area contributed by atoms with Crippen molar-refractivity contribution >= 4 is 6.08 Å². The van der Waals surface area contributed by atoms with E-state index in [1.54, 1.807) is 19.9 Å². The summed E-state index contributed by atoms with van der Waals surface area (Å²) in [5.41, 5.74) is 0.839. The lowest BCUT2D eigenvalue weighted by molar-refractivity contribution is -0.274. The van der Waals surface area contributed by atoms with Crippen LogP contribution in [-0.4, -0.2) is 17.6 Å². The number of aliphatic hydroxyl groups is 1. The number of alkyl halides is 3. The van der Waals surface area contributed by atoms with Crippen molar-refractivity contribution in [2.24, 2.45) is 0 Å². The second-order valence-corrected chi connectivity index (χ2v) is 3.65. The molecule has 94 valence electrons. The first kappa shape index (κ1) is 13.6. The maximum Gasteiger partial charge on any atom is 0.573 e. The summed E-state index contributed by atoms with van der Waals surface area (Å²) in [7, 11) is 0. The van der Waals surface area contributed by atoms with Gasteiger partial charge >= 0.3 is 6.36 Å². The highest BCUT2D eigenvalue weighted by Gasteiger charge is 2.31. The van der Waals surface area contributed by atoms with Crippen molar-refractivity contribution in [2.75, 3.05) is 0 Å². The molecule has 0 aromatic heterocycles. The Balaban J connectivity index is 3.04. The van der Waals surface area contributed by atoms with Crippen LogP contribution in [0.4, 0.5) is 13.2 Å². The van der Waals surface area contributed by atoms with E-state index in [2.05, 4.69) is 4.74 Å². The standard InChI is InChI=1S/C12H13F3O2/c1-8(9(2)16)7-10-5-3-4-6-11(10)17-12(13,14)15/h3-7,9,16H,1-2H3/b8-7+. The Kier molecular flexibility index (Phi) is 4.17. The first-order valence-corrected chi connectivity index (χ1v) is 5.00. The third-order valence-corrected chi connectivity index (χ3v) is 2.19. The van der Waals surface area contributed by atoms with Crippen molar-refractivity contribution in [3.63, 3.8) is 0 Å². The van der Waals surface area contributed by atoms with Crippen molar-refractivity contribution in [3.05, 3.63) is 35.4 Å². The number of halogens is 3. The third-order valence-electron chi connectivity index (χ3n) is 2.19. The van der Waals surface area contributed by atoms with E-state index < -0.39 is 12.5 Å². The molecule has 1 N–H and O–H groups in total. The largest absolute Gasteiger partial charge is 0.573 e. The predicted octanol–water partition coefficient (Wildman–Crippen LogP) is 3.37. The Bertz CT molecular complexity index is 408. The number of hydrogen-bond acceptors (Lipinski definition) is 2. The van der Waals surface area contributed by atoms with Crippen LogP contribution in [0.15, 0.2) is 29.8 Å². The molecule has 5 heteroatoms. The lowest BCUT2D eigenvalue weighted by Crippen LogP contribution is -2.17. The second kappa shape index (κ2) is 5.23. The maximum atomic E-state index is 12.1. The molecule has 0 amide bonds. The van der Waals surface area contributed by atoms with Gasteiger partial charge in [0.1, 0.15) is 5.75 Å².